The number of pyridine rings is 1. The second kappa shape index (κ2) is 13.4. The summed E-state index contributed by atoms with van der Waals surface area (Å²) in [6.07, 6.45) is 5.91. The number of halogens is 1. The summed E-state index contributed by atoms with van der Waals surface area (Å²) in [5.41, 5.74) is 3.29. The lowest BCUT2D eigenvalue weighted by Crippen LogP contribution is -2.44. The molecule has 4 N–H and O–H groups in total. The molecule has 3 amide bonds. The van der Waals surface area contributed by atoms with Crippen molar-refractivity contribution in [3.8, 4) is 11.8 Å². The van der Waals surface area contributed by atoms with Gasteiger partial charge in [-0.25, -0.2) is 4.39 Å². The van der Waals surface area contributed by atoms with Crippen LogP contribution in [0, 0.1) is 24.2 Å². The number of aromatic nitrogens is 3. The molecule has 2 aromatic heterocycles. The van der Waals surface area contributed by atoms with E-state index in [4.69, 9.17) is 10.00 Å². The van der Waals surface area contributed by atoms with Crippen molar-refractivity contribution in [1.82, 2.24) is 30.7 Å². The SMILES string of the molecule is CNC(=O)c1nnc(NC(=O)C2CC2)cc1Nc1ccc(C)c(C2=CNC(C(=O)N(C)Cc3cc(C#N)ccn3)C(F)=C2)c1OC. The number of nitrogens with one attached hydrogen (secondary N) is 4. The second-order valence-electron chi connectivity index (χ2n) is 10.9. The molecule has 1 unspecified atom stereocenters. The van der Waals surface area contributed by atoms with Crippen LogP contribution >= 0.6 is 0 Å². The molecule has 1 atom stereocenters. The van der Waals surface area contributed by atoms with Crippen molar-refractivity contribution in [1.29, 1.82) is 5.26 Å². The largest absolute Gasteiger partial charge is 0.494 e. The Balaban J connectivity index is 1.40. The van der Waals surface area contributed by atoms with Gasteiger partial charge in [0, 0.05) is 49.6 Å². The predicted molar refractivity (Wildman–Crippen MR) is 167 cm³/mol. The van der Waals surface area contributed by atoms with E-state index in [1.54, 1.807) is 24.3 Å². The fraction of sp³-hybridized carbons (Fsp3) is 0.281. The zero-order chi connectivity index (χ0) is 33.0. The van der Waals surface area contributed by atoms with Crippen molar-refractivity contribution in [2.24, 2.45) is 5.92 Å². The first-order valence-electron chi connectivity index (χ1n) is 14.4. The average Bonchev–Trinajstić information content (AvgIpc) is 3.91. The van der Waals surface area contributed by atoms with Crippen LogP contribution in [0.5, 0.6) is 5.75 Å². The Bertz CT molecular complexity index is 1810. The lowest BCUT2D eigenvalue weighted by atomic mass is 9.95. The van der Waals surface area contributed by atoms with Crippen molar-refractivity contribution >= 4 is 40.5 Å². The van der Waals surface area contributed by atoms with Gasteiger partial charge in [0.2, 0.25) is 5.91 Å². The number of ether oxygens (including phenoxy) is 1. The van der Waals surface area contributed by atoms with Crippen LogP contribution in [0.3, 0.4) is 0 Å². The monoisotopic (exact) mass is 625 g/mol. The molecule has 1 saturated carbocycles. The highest BCUT2D eigenvalue weighted by Gasteiger charge is 2.31. The molecule has 46 heavy (non-hydrogen) atoms. The molecule has 2 aliphatic rings. The van der Waals surface area contributed by atoms with Crippen LogP contribution in [-0.2, 0) is 16.1 Å². The van der Waals surface area contributed by atoms with Gasteiger partial charge < -0.3 is 30.9 Å². The van der Waals surface area contributed by atoms with Crippen molar-refractivity contribution in [2.75, 3.05) is 31.8 Å². The third kappa shape index (κ3) is 6.78. The molecule has 1 fully saturated rings. The number of dihydropyridines is 1. The van der Waals surface area contributed by atoms with Gasteiger partial charge in [-0.1, -0.05) is 6.07 Å². The standard InChI is InChI=1S/C32H32FN9O4/c1-17-5-8-23(38-24-13-25(39-30(43)19-6-7-19)40-41-28(24)31(44)35-2)29(46-4)26(17)20-12-22(33)27(37-15-20)32(45)42(3)16-21-11-18(14-34)9-10-36-21/h5,8-13,15,19,27,37H,6-7,16H2,1-4H3,(H,35,44)(H2,38,39,40,43). The van der Waals surface area contributed by atoms with Crippen LogP contribution in [-0.4, -0.2) is 65.0 Å². The van der Waals surface area contributed by atoms with E-state index in [0.29, 0.717) is 33.8 Å². The van der Waals surface area contributed by atoms with Crippen LogP contribution in [0.1, 0.15) is 45.7 Å². The normalized spacial score (nSPS) is 15.3. The van der Waals surface area contributed by atoms with E-state index < -0.39 is 23.7 Å². The molecular weight excluding hydrogens is 593 g/mol. The van der Waals surface area contributed by atoms with Crippen molar-refractivity contribution in [3.05, 3.63) is 82.7 Å². The number of carbonyl (C=O) groups excluding carboxylic acids is 3. The third-order valence-corrected chi connectivity index (χ3v) is 7.51. The molecule has 13 nitrogen and oxygen atoms in total. The highest BCUT2D eigenvalue weighted by Crippen LogP contribution is 2.40. The number of likely N-dealkylation sites (N-methyl/N-ethyl adjacent to an activating group) is 1. The number of carbonyl (C=O) groups is 3. The third-order valence-electron chi connectivity index (χ3n) is 7.51. The molecular formula is C32H32FN9O4. The number of rotatable bonds is 10. The molecule has 5 rings (SSSR count). The Morgan fingerprint density at radius 3 is 2.63 bits per heavy atom. The number of allylic oxidation sites excluding steroid dienone is 2. The van der Waals surface area contributed by atoms with E-state index in [9.17, 15) is 14.4 Å². The van der Waals surface area contributed by atoms with Gasteiger partial charge in [0.15, 0.2) is 17.6 Å². The number of nitrogens with zero attached hydrogens (tertiary/aromatic N) is 5. The summed E-state index contributed by atoms with van der Waals surface area (Å²) in [5.74, 6) is -1.44. The Hall–Kier alpha value is -5.84. The smallest absolute Gasteiger partial charge is 0.273 e. The van der Waals surface area contributed by atoms with Crippen LogP contribution in [0.15, 0.2) is 54.6 Å². The maximum absolute atomic E-state index is 15.6. The summed E-state index contributed by atoms with van der Waals surface area (Å²) >= 11 is 0. The van der Waals surface area contributed by atoms with E-state index in [1.807, 2.05) is 13.0 Å². The number of benzene rings is 1. The van der Waals surface area contributed by atoms with Crippen molar-refractivity contribution < 1.29 is 23.5 Å². The maximum atomic E-state index is 15.6. The molecule has 1 aliphatic carbocycles. The second-order valence-corrected chi connectivity index (χ2v) is 10.9. The van der Waals surface area contributed by atoms with Gasteiger partial charge in [-0.3, -0.25) is 19.4 Å². The predicted octanol–water partition coefficient (Wildman–Crippen LogP) is 3.34. The first-order chi connectivity index (χ1) is 22.1. The molecule has 236 valence electrons. The van der Waals surface area contributed by atoms with Gasteiger partial charge in [0.1, 0.15) is 11.6 Å². The molecule has 14 heteroatoms. The molecule has 3 aromatic rings. The van der Waals surface area contributed by atoms with Gasteiger partial charge in [-0.2, -0.15) is 5.26 Å². The zero-order valence-electron chi connectivity index (χ0n) is 25.6. The van der Waals surface area contributed by atoms with E-state index in [0.717, 1.165) is 18.4 Å². The zero-order valence-corrected chi connectivity index (χ0v) is 25.6. The van der Waals surface area contributed by atoms with Crippen molar-refractivity contribution in [2.45, 2.75) is 32.4 Å². The molecule has 0 spiro atoms. The average molecular weight is 626 g/mol. The maximum Gasteiger partial charge on any atom is 0.273 e. The minimum absolute atomic E-state index is 0.0133. The van der Waals surface area contributed by atoms with Gasteiger partial charge in [0.25, 0.3) is 11.8 Å². The minimum Gasteiger partial charge on any atom is -0.494 e. The first-order valence-corrected chi connectivity index (χ1v) is 14.4. The number of hydrogen-bond acceptors (Lipinski definition) is 10. The molecule has 1 aliphatic heterocycles. The van der Waals surface area contributed by atoms with Crippen LogP contribution in [0.4, 0.5) is 21.6 Å². The molecule has 1 aromatic carbocycles. The summed E-state index contributed by atoms with van der Waals surface area (Å²) in [6, 6.07) is 8.95. The Kier molecular flexibility index (Phi) is 9.22. The summed E-state index contributed by atoms with van der Waals surface area (Å²) in [6.45, 7) is 1.92. The minimum atomic E-state index is -1.26. The number of anilines is 3. The summed E-state index contributed by atoms with van der Waals surface area (Å²) < 4.78 is 21.3. The molecule has 0 radical (unpaired) electrons. The highest BCUT2D eigenvalue weighted by atomic mass is 19.1. The molecule has 0 saturated heterocycles. The Morgan fingerprint density at radius 2 is 1.96 bits per heavy atom. The summed E-state index contributed by atoms with van der Waals surface area (Å²) in [5, 5.41) is 28.5. The number of nitriles is 1. The lowest BCUT2D eigenvalue weighted by molar-refractivity contribution is -0.132. The van der Waals surface area contributed by atoms with Crippen LogP contribution in [0.2, 0.25) is 0 Å². The first kappa shape index (κ1) is 31.6. The van der Waals surface area contributed by atoms with Gasteiger partial charge in [0.05, 0.1) is 42.4 Å². The van der Waals surface area contributed by atoms with E-state index >= 15 is 4.39 Å². The van der Waals surface area contributed by atoms with Gasteiger partial charge in [-0.15, -0.1) is 10.2 Å². The molecule has 0 bridgehead atoms. The fourth-order valence-corrected chi connectivity index (χ4v) is 4.94. The van der Waals surface area contributed by atoms with E-state index in [2.05, 4.69) is 36.4 Å². The Morgan fingerprint density at radius 1 is 1.17 bits per heavy atom. The highest BCUT2D eigenvalue weighted by molar-refractivity contribution is 6.00. The summed E-state index contributed by atoms with van der Waals surface area (Å²) in [7, 11) is 4.45. The van der Waals surface area contributed by atoms with Crippen LogP contribution < -0.4 is 26.0 Å². The molecule has 3 heterocycles. The lowest BCUT2D eigenvalue weighted by Gasteiger charge is -2.26. The van der Waals surface area contributed by atoms with E-state index in [1.165, 1.54) is 50.6 Å². The Labute approximate surface area is 264 Å². The van der Waals surface area contributed by atoms with Gasteiger partial charge >= 0.3 is 0 Å². The number of hydrogen-bond donors (Lipinski definition) is 4. The van der Waals surface area contributed by atoms with Crippen LogP contribution in [0.25, 0.3) is 5.57 Å². The van der Waals surface area contributed by atoms with E-state index in [-0.39, 0.29) is 35.6 Å². The van der Waals surface area contributed by atoms with Gasteiger partial charge in [-0.05, 0) is 49.6 Å². The number of aryl methyl sites for hydroxylation is 1. The number of methoxy groups -OCH3 is 1. The summed E-state index contributed by atoms with van der Waals surface area (Å²) in [4.78, 5) is 43.6. The quantitative estimate of drug-likeness (QED) is 0.262. The van der Waals surface area contributed by atoms with Crippen molar-refractivity contribution in [3.63, 3.8) is 0 Å². The fourth-order valence-electron chi connectivity index (χ4n) is 4.94. The topological polar surface area (TPSA) is 174 Å². The number of amides is 3.